The highest BCUT2D eigenvalue weighted by Crippen LogP contribution is 2.07. The highest BCUT2D eigenvalue weighted by molar-refractivity contribution is 4.67. The van der Waals surface area contributed by atoms with E-state index in [1.165, 1.54) is 12.2 Å². The Morgan fingerprint density at radius 2 is 1.44 bits per heavy atom. The van der Waals surface area contributed by atoms with Gasteiger partial charge in [-0.05, 0) is 12.2 Å². The van der Waals surface area contributed by atoms with Crippen molar-refractivity contribution in [3.63, 3.8) is 0 Å². The quantitative estimate of drug-likeness (QED) is 0.407. The molecule has 0 aromatic heterocycles. The fourth-order valence-corrected chi connectivity index (χ4v) is 0.452. The van der Waals surface area contributed by atoms with Crippen LogP contribution in [0.4, 0.5) is 8.96 Å². The van der Waals surface area contributed by atoms with Gasteiger partial charge < -0.3 is 0 Å². The van der Waals surface area contributed by atoms with E-state index in [0.29, 0.717) is 0 Å². The van der Waals surface area contributed by atoms with E-state index < -0.39 is 4.93 Å². The average molecular weight is 134 g/mol. The summed E-state index contributed by atoms with van der Waals surface area (Å²) in [7, 11) is 0. The molecule has 0 heterocycles. The van der Waals surface area contributed by atoms with Crippen LogP contribution in [0.1, 0.15) is 0 Å². The third-order valence-corrected chi connectivity index (χ3v) is 0.792. The molecule has 1 nitrogen and oxygen atoms in total. The maximum atomic E-state index is 12.2. The summed E-state index contributed by atoms with van der Waals surface area (Å²) in [5.74, 6) is 0. The van der Waals surface area contributed by atoms with Gasteiger partial charge in [0, 0.05) is 8.96 Å². The molecular weight excluding hydrogens is 124 g/mol. The lowest BCUT2D eigenvalue weighted by atomic mass is 10.5. The second kappa shape index (κ2) is 3.35. The summed E-state index contributed by atoms with van der Waals surface area (Å²) in [6.07, 6.45) is 2.37. The van der Waals surface area contributed by atoms with E-state index in [0.717, 1.165) is 0 Å². The first kappa shape index (κ1) is 8.30. The lowest BCUT2D eigenvalue weighted by Crippen LogP contribution is -2.29. The Labute approximate surface area is 53.4 Å². The molecule has 9 heavy (non-hydrogen) atoms. The first-order valence-corrected chi connectivity index (χ1v) is 2.60. The highest BCUT2D eigenvalue weighted by Gasteiger charge is 2.24. The van der Waals surface area contributed by atoms with E-state index in [-0.39, 0.29) is 13.1 Å². The second-order valence-corrected chi connectivity index (χ2v) is 1.71. The first-order chi connectivity index (χ1) is 4.12. The van der Waals surface area contributed by atoms with Gasteiger partial charge in [-0.1, -0.05) is 13.2 Å². The standard InChI is InChI=1S/C6H10F2N/c1-3-5-9(7,8)6-4-2/h3-4H,1-2,5-6H2/q+1. The Kier molecular flexibility index (Phi) is 3.09. The Morgan fingerprint density at radius 3 is 1.67 bits per heavy atom. The van der Waals surface area contributed by atoms with Crippen molar-refractivity contribution in [2.24, 2.45) is 0 Å². The van der Waals surface area contributed by atoms with E-state index in [1.54, 1.807) is 0 Å². The lowest BCUT2D eigenvalue weighted by Gasteiger charge is -2.07. The van der Waals surface area contributed by atoms with Crippen molar-refractivity contribution in [1.29, 1.82) is 0 Å². The molecule has 0 saturated carbocycles. The van der Waals surface area contributed by atoms with Crippen molar-refractivity contribution >= 4 is 0 Å². The average Bonchev–Trinajstić information content (AvgIpc) is 1.64. The van der Waals surface area contributed by atoms with Crippen molar-refractivity contribution in [2.75, 3.05) is 13.1 Å². The van der Waals surface area contributed by atoms with Crippen LogP contribution in [0.3, 0.4) is 0 Å². The van der Waals surface area contributed by atoms with Gasteiger partial charge in [-0.3, -0.25) is 0 Å². The third-order valence-electron chi connectivity index (χ3n) is 0.792. The predicted molar refractivity (Wildman–Crippen MR) is 32.6 cm³/mol. The molecular formula is C6H10F2N+. The second-order valence-electron chi connectivity index (χ2n) is 1.71. The molecule has 0 rings (SSSR count). The summed E-state index contributed by atoms with van der Waals surface area (Å²) in [5, 5.41) is 0. The summed E-state index contributed by atoms with van der Waals surface area (Å²) < 4.78 is 24.4. The number of nitrogens with zero attached hydrogens (tertiary/aromatic N) is 1. The number of rotatable bonds is 4. The molecule has 0 spiro atoms. The van der Waals surface area contributed by atoms with Crippen molar-refractivity contribution in [1.82, 2.24) is 0 Å². The molecule has 3 heteroatoms. The molecule has 0 aliphatic carbocycles. The van der Waals surface area contributed by atoms with Crippen LogP contribution in [0.15, 0.2) is 25.3 Å². The molecule has 0 fully saturated rings. The monoisotopic (exact) mass is 134 g/mol. The van der Waals surface area contributed by atoms with Crippen LogP contribution >= 0.6 is 0 Å². The van der Waals surface area contributed by atoms with Gasteiger partial charge in [0.2, 0.25) is 0 Å². The molecule has 0 atom stereocenters. The zero-order chi connectivity index (χ0) is 7.33. The van der Waals surface area contributed by atoms with Crippen LogP contribution in [-0.4, -0.2) is 18.0 Å². The van der Waals surface area contributed by atoms with Crippen LogP contribution < -0.4 is 0 Å². The fourth-order valence-electron chi connectivity index (χ4n) is 0.452. The molecule has 0 unspecified atom stereocenters. The minimum atomic E-state index is -2.05. The van der Waals surface area contributed by atoms with Crippen LogP contribution in [0.5, 0.6) is 0 Å². The number of hydrogen-bond acceptors (Lipinski definition) is 0. The zero-order valence-electron chi connectivity index (χ0n) is 5.19. The van der Waals surface area contributed by atoms with Gasteiger partial charge in [0.05, 0.1) is 4.93 Å². The summed E-state index contributed by atoms with van der Waals surface area (Å²) >= 11 is 0. The van der Waals surface area contributed by atoms with Gasteiger partial charge in [0.25, 0.3) is 0 Å². The SMILES string of the molecule is C=CC[N+](F)(F)CC=C. The van der Waals surface area contributed by atoms with Gasteiger partial charge in [0.15, 0.2) is 13.1 Å². The Morgan fingerprint density at radius 1 is 1.11 bits per heavy atom. The van der Waals surface area contributed by atoms with E-state index in [9.17, 15) is 8.96 Å². The lowest BCUT2D eigenvalue weighted by molar-refractivity contribution is -1.16. The summed E-state index contributed by atoms with van der Waals surface area (Å²) in [4.78, 5) is -2.05. The highest BCUT2D eigenvalue weighted by atomic mass is 19.4. The molecule has 0 aromatic carbocycles. The fraction of sp³-hybridized carbons (Fsp3) is 0.333. The minimum absolute atomic E-state index is 0.327. The Bertz CT molecular complexity index is 97.6. The molecule has 0 aliphatic rings. The smallest absolute Gasteiger partial charge is 0.0973 e. The molecule has 0 aromatic rings. The van der Waals surface area contributed by atoms with Crippen LogP contribution in [0.25, 0.3) is 0 Å². The maximum Gasteiger partial charge on any atom is 0.174 e. The van der Waals surface area contributed by atoms with Crippen molar-refractivity contribution in [2.45, 2.75) is 0 Å². The molecule has 0 amide bonds. The summed E-state index contributed by atoms with van der Waals surface area (Å²) in [6.45, 7) is 5.74. The largest absolute Gasteiger partial charge is 0.174 e. The van der Waals surface area contributed by atoms with E-state index >= 15 is 0 Å². The predicted octanol–water partition coefficient (Wildman–Crippen LogP) is 1.94. The molecule has 0 N–H and O–H groups in total. The number of hydrogen-bond donors (Lipinski definition) is 0. The van der Waals surface area contributed by atoms with E-state index in [2.05, 4.69) is 13.2 Å². The van der Waals surface area contributed by atoms with Gasteiger partial charge in [0.1, 0.15) is 0 Å². The van der Waals surface area contributed by atoms with Gasteiger partial charge in [-0.2, -0.15) is 0 Å². The topological polar surface area (TPSA) is 0 Å². The van der Waals surface area contributed by atoms with Gasteiger partial charge >= 0.3 is 0 Å². The third kappa shape index (κ3) is 3.85. The summed E-state index contributed by atoms with van der Waals surface area (Å²) in [5.41, 5.74) is 0. The van der Waals surface area contributed by atoms with Crippen molar-refractivity contribution < 1.29 is 13.9 Å². The molecule has 0 bridgehead atoms. The minimum Gasteiger partial charge on any atom is -0.0973 e. The van der Waals surface area contributed by atoms with Crippen LogP contribution in [0, 0.1) is 0 Å². The summed E-state index contributed by atoms with van der Waals surface area (Å²) in [6, 6.07) is 0. The van der Waals surface area contributed by atoms with Gasteiger partial charge in [-0.25, -0.2) is 0 Å². The first-order valence-electron chi connectivity index (χ1n) is 2.60. The maximum absolute atomic E-state index is 12.2. The number of halogens is 2. The molecule has 0 radical (unpaired) electrons. The molecule has 52 valence electrons. The van der Waals surface area contributed by atoms with Crippen molar-refractivity contribution in [3.8, 4) is 0 Å². The molecule has 0 aliphatic heterocycles. The van der Waals surface area contributed by atoms with E-state index in [1.807, 2.05) is 0 Å². The van der Waals surface area contributed by atoms with Crippen LogP contribution in [0.2, 0.25) is 0 Å². The van der Waals surface area contributed by atoms with E-state index in [4.69, 9.17) is 0 Å². The Balaban J connectivity index is 3.68. The van der Waals surface area contributed by atoms with Crippen LogP contribution in [-0.2, 0) is 0 Å². The number of quaternary nitrogens is 1. The normalized spacial score (nSPS) is 10.9. The zero-order valence-corrected chi connectivity index (χ0v) is 5.19. The van der Waals surface area contributed by atoms with Crippen molar-refractivity contribution in [3.05, 3.63) is 25.3 Å². The Hall–Kier alpha value is -0.700. The van der Waals surface area contributed by atoms with Gasteiger partial charge in [-0.15, -0.1) is 0 Å². The molecule has 0 saturated heterocycles.